The number of carboxylic acids is 2. The maximum atomic E-state index is 12.4. The molecule has 0 saturated carbocycles. The zero-order chi connectivity index (χ0) is 18.3. The summed E-state index contributed by atoms with van der Waals surface area (Å²) in [6.45, 7) is -0.823. The van der Waals surface area contributed by atoms with Gasteiger partial charge in [0.2, 0.25) is 0 Å². The Morgan fingerprint density at radius 1 is 1.00 bits per heavy atom. The van der Waals surface area contributed by atoms with Crippen LogP contribution in [0.15, 0.2) is 0 Å². The number of carboxylic acid groups (broad SMARTS) is 2. The topological polar surface area (TPSA) is 171 Å². The summed E-state index contributed by atoms with van der Waals surface area (Å²) in [7, 11) is 1.43. The zero-order valence-corrected chi connectivity index (χ0v) is 14.3. The summed E-state index contributed by atoms with van der Waals surface area (Å²) in [5.41, 5.74) is 10.5. The van der Waals surface area contributed by atoms with E-state index in [9.17, 15) is 14.2 Å². The van der Waals surface area contributed by atoms with Gasteiger partial charge in [-0.05, 0) is 0 Å². The van der Waals surface area contributed by atoms with Crippen molar-refractivity contribution < 1.29 is 42.4 Å². The molecular weight excluding hydrogens is 333 g/mol. The van der Waals surface area contributed by atoms with E-state index in [1.165, 1.54) is 0 Å². The first kappa shape index (κ1) is 21.9. The highest BCUT2D eigenvalue weighted by Crippen LogP contribution is 2.49. The standard InChI is InChI=1S/C11H24N3O8P/c1-14(2,3)4-5-20-23(19,21-6-8(12)10(15)16)22-7-9(13)11(17)18/h8-9H,4-7,12-13H2,1-3H3,(H-,15,16,17,18)/p+1/t8-,9-/m0/s1. The Kier molecular flexibility index (Phi) is 8.85. The Labute approximate surface area is 134 Å². The second-order valence-corrected chi connectivity index (χ2v) is 7.44. The van der Waals surface area contributed by atoms with Gasteiger partial charge in [-0.25, -0.2) is 4.57 Å². The van der Waals surface area contributed by atoms with Gasteiger partial charge in [-0.15, -0.1) is 0 Å². The molecule has 0 amide bonds. The minimum atomic E-state index is -4.19. The molecule has 0 aliphatic carbocycles. The van der Waals surface area contributed by atoms with Crippen LogP contribution in [0.3, 0.4) is 0 Å². The molecule has 0 aromatic heterocycles. The van der Waals surface area contributed by atoms with Gasteiger partial charge in [-0.2, -0.15) is 0 Å². The normalized spacial score (nSPS) is 15.2. The maximum Gasteiger partial charge on any atom is 0.475 e. The lowest BCUT2D eigenvalue weighted by molar-refractivity contribution is -0.870. The number of quaternary nitrogens is 1. The lowest BCUT2D eigenvalue weighted by atomic mass is 10.3. The fourth-order valence-electron chi connectivity index (χ4n) is 1.02. The van der Waals surface area contributed by atoms with Crippen molar-refractivity contribution in [3.8, 4) is 0 Å². The van der Waals surface area contributed by atoms with E-state index in [0.717, 1.165) is 0 Å². The minimum absolute atomic E-state index is 0.0224. The van der Waals surface area contributed by atoms with Crippen LogP contribution in [0.1, 0.15) is 0 Å². The molecule has 0 rings (SSSR count). The average Bonchev–Trinajstić information content (AvgIpc) is 2.40. The second-order valence-electron chi connectivity index (χ2n) is 5.78. The molecule has 136 valence electrons. The molecule has 0 radical (unpaired) electrons. The summed E-state index contributed by atoms with van der Waals surface area (Å²) < 4.78 is 27.6. The third-order valence-electron chi connectivity index (χ3n) is 2.47. The third kappa shape index (κ3) is 10.3. The Morgan fingerprint density at radius 2 is 1.39 bits per heavy atom. The fraction of sp³-hybridized carbons (Fsp3) is 0.818. The molecule has 0 unspecified atom stereocenters. The summed E-state index contributed by atoms with van der Waals surface area (Å²) in [5, 5.41) is 17.4. The first-order valence-corrected chi connectivity index (χ1v) is 8.13. The van der Waals surface area contributed by atoms with Crippen molar-refractivity contribution in [2.45, 2.75) is 12.1 Å². The van der Waals surface area contributed by atoms with Crippen molar-refractivity contribution in [2.24, 2.45) is 11.5 Å². The van der Waals surface area contributed by atoms with Crippen LogP contribution in [0, 0.1) is 0 Å². The predicted molar refractivity (Wildman–Crippen MR) is 79.6 cm³/mol. The van der Waals surface area contributed by atoms with Gasteiger partial charge in [0.05, 0.1) is 34.4 Å². The van der Waals surface area contributed by atoms with Gasteiger partial charge in [-0.3, -0.25) is 23.2 Å². The van der Waals surface area contributed by atoms with Crippen molar-refractivity contribution in [1.82, 2.24) is 0 Å². The van der Waals surface area contributed by atoms with Crippen LogP contribution in [0.2, 0.25) is 0 Å². The largest absolute Gasteiger partial charge is 0.480 e. The quantitative estimate of drug-likeness (QED) is 0.242. The van der Waals surface area contributed by atoms with Crippen LogP contribution < -0.4 is 11.5 Å². The van der Waals surface area contributed by atoms with Crippen LogP contribution in [-0.4, -0.2) is 86.2 Å². The number of phosphoric acid groups is 1. The summed E-state index contributed by atoms with van der Waals surface area (Å²) in [5.74, 6) is -2.71. The van der Waals surface area contributed by atoms with Crippen molar-refractivity contribution >= 4 is 19.8 Å². The lowest BCUT2D eigenvalue weighted by Crippen LogP contribution is -2.38. The molecule has 0 aliphatic heterocycles. The molecule has 6 N–H and O–H groups in total. The number of hydrogen-bond donors (Lipinski definition) is 4. The van der Waals surface area contributed by atoms with Crippen LogP contribution >= 0.6 is 7.82 Å². The van der Waals surface area contributed by atoms with Crippen LogP contribution in [0.4, 0.5) is 0 Å². The number of carbonyl (C=O) groups is 2. The molecule has 0 aliphatic rings. The SMILES string of the molecule is C[N+](C)(C)CCOP(=O)(OC[C@H](N)C(=O)O)OC[C@H](N)C(=O)O. The Morgan fingerprint density at radius 3 is 1.70 bits per heavy atom. The number of nitrogens with zero attached hydrogens (tertiary/aromatic N) is 1. The van der Waals surface area contributed by atoms with Gasteiger partial charge in [0.25, 0.3) is 0 Å². The van der Waals surface area contributed by atoms with Gasteiger partial charge < -0.3 is 26.2 Å². The first-order chi connectivity index (χ1) is 10.4. The molecule has 2 atom stereocenters. The number of aliphatic carboxylic acids is 2. The van der Waals surface area contributed by atoms with E-state index in [-0.39, 0.29) is 6.61 Å². The van der Waals surface area contributed by atoms with E-state index in [2.05, 4.69) is 0 Å². The fourth-order valence-corrected chi connectivity index (χ4v) is 2.24. The highest BCUT2D eigenvalue weighted by Gasteiger charge is 2.31. The highest BCUT2D eigenvalue weighted by atomic mass is 31.2. The Bertz CT molecular complexity index is 425. The van der Waals surface area contributed by atoms with Crippen LogP contribution in [0.5, 0.6) is 0 Å². The van der Waals surface area contributed by atoms with E-state index >= 15 is 0 Å². The number of nitrogens with two attached hydrogens (primary N) is 2. The molecule has 0 bridgehead atoms. The number of rotatable bonds is 12. The summed E-state index contributed by atoms with van der Waals surface area (Å²) in [6.07, 6.45) is 0. The van der Waals surface area contributed by atoms with E-state index in [1.54, 1.807) is 0 Å². The highest BCUT2D eigenvalue weighted by molar-refractivity contribution is 7.48. The molecule has 12 heteroatoms. The second kappa shape index (κ2) is 9.28. The zero-order valence-electron chi connectivity index (χ0n) is 13.4. The van der Waals surface area contributed by atoms with Crippen LogP contribution in [-0.2, 0) is 27.7 Å². The summed E-state index contributed by atoms with van der Waals surface area (Å²) in [4.78, 5) is 21.3. The average molecular weight is 358 g/mol. The molecule has 0 spiro atoms. The van der Waals surface area contributed by atoms with Gasteiger partial charge in [0.1, 0.15) is 25.2 Å². The molecular formula is C11H25N3O8P+. The summed E-state index contributed by atoms with van der Waals surface area (Å²) >= 11 is 0. The lowest BCUT2D eigenvalue weighted by Gasteiger charge is -2.25. The molecule has 0 aromatic rings. The Hall–Kier alpha value is -1.07. The van der Waals surface area contributed by atoms with Crippen molar-refractivity contribution in [2.75, 3.05) is 47.5 Å². The maximum absolute atomic E-state index is 12.4. The van der Waals surface area contributed by atoms with E-state index < -0.39 is 45.1 Å². The number of hydrogen-bond acceptors (Lipinski definition) is 8. The van der Waals surface area contributed by atoms with Crippen molar-refractivity contribution in [3.63, 3.8) is 0 Å². The molecule has 23 heavy (non-hydrogen) atoms. The van der Waals surface area contributed by atoms with Crippen molar-refractivity contribution in [1.29, 1.82) is 0 Å². The molecule has 0 saturated heterocycles. The monoisotopic (exact) mass is 358 g/mol. The van der Waals surface area contributed by atoms with E-state index in [4.69, 9.17) is 35.3 Å². The predicted octanol–water partition coefficient (Wildman–Crippen LogP) is -1.33. The van der Waals surface area contributed by atoms with Crippen LogP contribution in [0.25, 0.3) is 0 Å². The van der Waals surface area contributed by atoms with Gasteiger partial charge >= 0.3 is 19.8 Å². The number of phosphoric ester groups is 1. The van der Waals surface area contributed by atoms with Gasteiger partial charge in [-0.1, -0.05) is 0 Å². The van der Waals surface area contributed by atoms with E-state index in [1.807, 2.05) is 21.1 Å². The van der Waals surface area contributed by atoms with Gasteiger partial charge in [0, 0.05) is 0 Å². The molecule has 11 nitrogen and oxygen atoms in total. The molecule has 0 fully saturated rings. The number of likely N-dealkylation sites (N-methyl/N-ethyl adjacent to an activating group) is 1. The smallest absolute Gasteiger partial charge is 0.475 e. The first-order valence-electron chi connectivity index (χ1n) is 6.67. The van der Waals surface area contributed by atoms with Gasteiger partial charge in [0.15, 0.2) is 0 Å². The minimum Gasteiger partial charge on any atom is -0.480 e. The molecule has 0 heterocycles. The third-order valence-corrected chi connectivity index (χ3v) is 3.90. The Balaban J connectivity index is 4.72. The van der Waals surface area contributed by atoms with E-state index in [0.29, 0.717) is 11.0 Å². The van der Waals surface area contributed by atoms with Crippen molar-refractivity contribution in [3.05, 3.63) is 0 Å². The summed E-state index contributed by atoms with van der Waals surface area (Å²) in [6, 6.07) is -2.86. The molecule has 0 aromatic carbocycles.